The number of thioether (sulfide) groups is 1. The maximum absolute atomic E-state index is 13.3. The molecule has 164 valence electrons. The van der Waals surface area contributed by atoms with Crippen LogP contribution in [0.2, 0.25) is 5.02 Å². The van der Waals surface area contributed by atoms with Crippen molar-refractivity contribution in [1.82, 2.24) is 19.1 Å². The molecule has 10 heteroatoms. The van der Waals surface area contributed by atoms with Crippen LogP contribution in [-0.2, 0) is 11.9 Å². The summed E-state index contributed by atoms with van der Waals surface area (Å²) in [4.78, 5) is 22.3. The van der Waals surface area contributed by atoms with Gasteiger partial charge in [0.15, 0.2) is 16.3 Å². The van der Waals surface area contributed by atoms with Crippen LogP contribution in [0.1, 0.15) is 30.0 Å². The van der Waals surface area contributed by atoms with Gasteiger partial charge in [-0.3, -0.25) is 9.36 Å². The minimum atomic E-state index is -4.42. The number of fused-ring (bicyclic) bond motifs is 1. The van der Waals surface area contributed by atoms with E-state index in [2.05, 4.69) is 4.98 Å². The van der Waals surface area contributed by atoms with Gasteiger partial charge in [0.1, 0.15) is 0 Å². The largest absolute Gasteiger partial charge is 0.416 e. The summed E-state index contributed by atoms with van der Waals surface area (Å²) in [7, 11) is 0. The first-order chi connectivity index (χ1) is 15.3. The van der Waals surface area contributed by atoms with Crippen molar-refractivity contribution in [2.45, 2.75) is 36.0 Å². The summed E-state index contributed by atoms with van der Waals surface area (Å²) in [5.74, 6) is 0.215. The monoisotopic (exact) mass is 476 g/mol. The van der Waals surface area contributed by atoms with Gasteiger partial charge in [-0.1, -0.05) is 41.6 Å². The van der Waals surface area contributed by atoms with Crippen molar-refractivity contribution in [3.8, 4) is 5.69 Å². The summed E-state index contributed by atoms with van der Waals surface area (Å²) in [6, 6.07) is 12.2. The highest BCUT2D eigenvalue weighted by Crippen LogP contribution is 2.37. The first-order valence-electron chi connectivity index (χ1n) is 9.86. The Hall–Kier alpha value is -2.78. The second-order valence-corrected chi connectivity index (χ2v) is 8.93. The number of hydrogen-bond acceptors (Lipinski definition) is 4. The van der Waals surface area contributed by atoms with Crippen molar-refractivity contribution in [2.75, 3.05) is 0 Å². The third-order valence-electron chi connectivity index (χ3n) is 5.21. The Kier molecular flexibility index (Phi) is 5.25. The van der Waals surface area contributed by atoms with Gasteiger partial charge in [-0.2, -0.15) is 13.2 Å². The highest BCUT2D eigenvalue weighted by atomic mass is 35.5. The van der Waals surface area contributed by atoms with Gasteiger partial charge in [0.05, 0.1) is 17.6 Å². The summed E-state index contributed by atoms with van der Waals surface area (Å²) in [5, 5.41) is 0.900. The lowest BCUT2D eigenvalue weighted by Gasteiger charge is -2.13. The van der Waals surface area contributed by atoms with Crippen LogP contribution in [0.5, 0.6) is 0 Å². The van der Waals surface area contributed by atoms with E-state index in [-0.39, 0.29) is 22.9 Å². The molecule has 0 atom stereocenters. The molecule has 0 bridgehead atoms. The second kappa shape index (κ2) is 7.97. The average Bonchev–Trinajstić information content (AvgIpc) is 3.52. The van der Waals surface area contributed by atoms with E-state index in [1.807, 2.05) is 4.57 Å². The summed E-state index contributed by atoms with van der Waals surface area (Å²) in [5.41, 5.74) is 0.757. The van der Waals surface area contributed by atoms with Gasteiger partial charge in [0.25, 0.3) is 5.56 Å². The van der Waals surface area contributed by atoms with E-state index in [0.717, 1.165) is 25.0 Å². The summed E-state index contributed by atoms with van der Waals surface area (Å²) < 4.78 is 42.6. The predicted octanol–water partition coefficient (Wildman–Crippen LogP) is 5.88. The number of aromatic nitrogens is 4. The van der Waals surface area contributed by atoms with Crippen molar-refractivity contribution >= 4 is 34.5 Å². The lowest BCUT2D eigenvalue weighted by molar-refractivity contribution is -0.137. The summed E-state index contributed by atoms with van der Waals surface area (Å²) >= 11 is 7.20. The molecule has 5 nitrogen and oxygen atoms in total. The lowest BCUT2D eigenvalue weighted by Crippen LogP contribution is -2.22. The normalized spacial score (nSPS) is 14.2. The smallest absolute Gasteiger partial charge is 0.312 e. The van der Waals surface area contributed by atoms with E-state index in [1.54, 1.807) is 36.7 Å². The lowest BCUT2D eigenvalue weighted by atomic mass is 10.1. The van der Waals surface area contributed by atoms with Gasteiger partial charge in [-0.15, -0.1) is 0 Å². The molecular formula is C22H16ClF3N4OS. The van der Waals surface area contributed by atoms with E-state index in [4.69, 9.17) is 16.6 Å². The molecule has 1 aliphatic carbocycles. The van der Waals surface area contributed by atoms with E-state index in [0.29, 0.717) is 27.1 Å². The van der Waals surface area contributed by atoms with Crippen molar-refractivity contribution in [3.05, 3.63) is 81.4 Å². The van der Waals surface area contributed by atoms with Gasteiger partial charge in [-0.25, -0.2) is 9.97 Å². The maximum atomic E-state index is 13.3. The predicted molar refractivity (Wildman–Crippen MR) is 117 cm³/mol. The molecular weight excluding hydrogens is 461 g/mol. The SMILES string of the molecule is O=c1c2ncn(C3CC3)c2nc(SCc2cccc(C(F)(F)F)c2)n1-c1ccc(Cl)cc1. The van der Waals surface area contributed by atoms with Crippen LogP contribution in [0.4, 0.5) is 13.2 Å². The fourth-order valence-electron chi connectivity index (χ4n) is 3.47. The molecule has 5 rings (SSSR count). The fraction of sp³-hybridized carbons (Fsp3) is 0.227. The van der Waals surface area contributed by atoms with Gasteiger partial charge < -0.3 is 4.57 Å². The molecule has 2 aromatic heterocycles. The molecule has 1 aliphatic rings. The van der Waals surface area contributed by atoms with Crippen LogP contribution in [0.15, 0.2) is 64.8 Å². The third kappa shape index (κ3) is 4.02. The van der Waals surface area contributed by atoms with Gasteiger partial charge in [0, 0.05) is 16.8 Å². The standard InChI is InChI=1S/C22H16ClF3N4OS/c23-15-4-6-17(7-5-15)30-20(31)18-19(29(12-27-18)16-8-9-16)28-21(30)32-11-13-2-1-3-14(10-13)22(24,25)26/h1-7,10,12,16H,8-9,11H2. The number of hydrogen-bond donors (Lipinski definition) is 0. The minimum absolute atomic E-state index is 0.215. The van der Waals surface area contributed by atoms with Crippen molar-refractivity contribution in [1.29, 1.82) is 0 Å². The number of nitrogens with zero attached hydrogens (tertiary/aromatic N) is 4. The zero-order valence-corrected chi connectivity index (χ0v) is 18.1. The molecule has 0 saturated heterocycles. The third-order valence-corrected chi connectivity index (χ3v) is 6.48. The van der Waals surface area contributed by atoms with E-state index in [9.17, 15) is 18.0 Å². The zero-order valence-electron chi connectivity index (χ0n) is 16.5. The van der Waals surface area contributed by atoms with Gasteiger partial charge in [0.2, 0.25) is 0 Å². The van der Waals surface area contributed by atoms with Gasteiger partial charge >= 0.3 is 6.18 Å². The minimum Gasteiger partial charge on any atom is -0.312 e. The van der Waals surface area contributed by atoms with Crippen molar-refractivity contribution in [2.24, 2.45) is 0 Å². The van der Waals surface area contributed by atoms with Crippen LogP contribution in [0.3, 0.4) is 0 Å². The molecule has 1 fully saturated rings. The maximum Gasteiger partial charge on any atom is 0.416 e. The summed E-state index contributed by atoms with van der Waals surface area (Å²) in [6.45, 7) is 0. The molecule has 2 aromatic carbocycles. The first-order valence-corrected chi connectivity index (χ1v) is 11.2. The zero-order chi connectivity index (χ0) is 22.5. The fourth-order valence-corrected chi connectivity index (χ4v) is 4.54. The molecule has 32 heavy (non-hydrogen) atoms. The van der Waals surface area contributed by atoms with Gasteiger partial charge in [-0.05, 0) is 48.7 Å². The van der Waals surface area contributed by atoms with Crippen molar-refractivity contribution < 1.29 is 13.2 Å². The number of halogens is 4. The Bertz CT molecular complexity index is 1360. The molecule has 1 saturated carbocycles. The van der Waals surface area contributed by atoms with E-state index >= 15 is 0 Å². The van der Waals surface area contributed by atoms with Crippen LogP contribution < -0.4 is 5.56 Å². The second-order valence-electron chi connectivity index (χ2n) is 7.55. The Morgan fingerprint density at radius 2 is 1.88 bits per heavy atom. The van der Waals surface area contributed by atoms with E-state index < -0.39 is 11.7 Å². The van der Waals surface area contributed by atoms with E-state index in [1.165, 1.54) is 22.4 Å². The Labute approximate surface area is 189 Å². The molecule has 0 unspecified atom stereocenters. The first kappa shape index (κ1) is 21.1. The Balaban J connectivity index is 1.59. The summed E-state index contributed by atoms with van der Waals surface area (Å²) in [6.07, 6.45) is -0.787. The molecule has 0 aliphatic heterocycles. The molecule has 0 amide bonds. The Morgan fingerprint density at radius 1 is 1.12 bits per heavy atom. The number of imidazole rings is 1. The van der Waals surface area contributed by atoms with Crippen LogP contribution in [0, 0.1) is 0 Å². The molecule has 0 radical (unpaired) electrons. The highest BCUT2D eigenvalue weighted by molar-refractivity contribution is 7.98. The highest BCUT2D eigenvalue weighted by Gasteiger charge is 2.30. The molecule has 0 spiro atoms. The Morgan fingerprint density at radius 3 is 2.56 bits per heavy atom. The molecule has 4 aromatic rings. The molecule has 2 heterocycles. The van der Waals surface area contributed by atoms with Crippen molar-refractivity contribution in [3.63, 3.8) is 0 Å². The number of benzene rings is 2. The molecule has 0 N–H and O–H groups in total. The number of alkyl halides is 3. The van der Waals surface area contributed by atoms with Crippen LogP contribution >= 0.6 is 23.4 Å². The number of rotatable bonds is 5. The van der Waals surface area contributed by atoms with Crippen LogP contribution in [0.25, 0.3) is 16.9 Å². The average molecular weight is 477 g/mol. The quantitative estimate of drug-likeness (QED) is 0.266. The van der Waals surface area contributed by atoms with Crippen LogP contribution in [-0.4, -0.2) is 19.1 Å². The topological polar surface area (TPSA) is 52.7 Å².